The second kappa shape index (κ2) is 10.9. The van der Waals surface area contributed by atoms with Crippen LogP contribution in [0.2, 0.25) is 0 Å². The molecule has 4 rings (SSSR count). The van der Waals surface area contributed by atoms with E-state index in [-0.39, 0.29) is 24.0 Å². The van der Waals surface area contributed by atoms with Gasteiger partial charge in [0.1, 0.15) is 5.69 Å². The molecule has 3 heterocycles. The van der Waals surface area contributed by atoms with Gasteiger partial charge in [-0.3, -0.25) is 9.98 Å². The number of nitrogens with zero attached hydrogens (tertiary/aromatic N) is 5. The van der Waals surface area contributed by atoms with E-state index < -0.39 is 0 Å². The highest BCUT2D eigenvalue weighted by molar-refractivity contribution is 14.0. The van der Waals surface area contributed by atoms with Crippen molar-refractivity contribution in [3.05, 3.63) is 72.2 Å². The van der Waals surface area contributed by atoms with Gasteiger partial charge in [-0.1, -0.05) is 47.6 Å². The van der Waals surface area contributed by atoms with Crippen molar-refractivity contribution in [2.45, 2.75) is 12.8 Å². The Morgan fingerprint density at radius 1 is 1.17 bits per heavy atom. The number of nitrogens with one attached hydrogen (secondary N) is 1. The molecule has 1 aliphatic rings. The molecule has 1 N–H and O–H groups in total. The minimum absolute atomic E-state index is 0. The molecule has 0 saturated heterocycles. The van der Waals surface area contributed by atoms with Gasteiger partial charge in [0, 0.05) is 39.3 Å². The fraction of sp³-hybridized carbons (Fsp3) is 0.273. The summed E-state index contributed by atoms with van der Waals surface area (Å²) in [4.78, 5) is 15.3. The van der Waals surface area contributed by atoms with Gasteiger partial charge in [0.2, 0.25) is 0 Å². The standard InChI is InChI=1S/C22H24N6O.HI/c1-23-22(28-15-11-18(12-16-28)17-7-3-2-4-8-17)25-14-10-20-26-21(29-27-20)19-9-5-6-13-24-19;/h2-9,11,13H,10,12,14-16H2,1H3,(H,23,25);1H. The molecule has 2 aromatic heterocycles. The summed E-state index contributed by atoms with van der Waals surface area (Å²) in [5.41, 5.74) is 3.38. The van der Waals surface area contributed by atoms with Crippen LogP contribution in [0.15, 0.2) is 70.3 Å². The summed E-state index contributed by atoms with van der Waals surface area (Å²) >= 11 is 0. The van der Waals surface area contributed by atoms with E-state index in [9.17, 15) is 0 Å². The number of aromatic nitrogens is 3. The first kappa shape index (κ1) is 21.9. The third-order valence-electron chi connectivity index (χ3n) is 4.85. The summed E-state index contributed by atoms with van der Waals surface area (Å²) in [6.07, 6.45) is 5.64. The molecule has 0 unspecified atom stereocenters. The van der Waals surface area contributed by atoms with Crippen LogP contribution in [0.4, 0.5) is 0 Å². The molecule has 0 radical (unpaired) electrons. The van der Waals surface area contributed by atoms with E-state index in [2.05, 4.69) is 60.7 Å². The van der Waals surface area contributed by atoms with E-state index in [0.717, 1.165) is 25.5 Å². The van der Waals surface area contributed by atoms with Gasteiger partial charge in [-0.05, 0) is 29.7 Å². The van der Waals surface area contributed by atoms with Gasteiger partial charge >= 0.3 is 0 Å². The van der Waals surface area contributed by atoms with Crippen LogP contribution in [0.5, 0.6) is 0 Å². The number of hydrogen-bond donors (Lipinski definition) is 1. The van der Waals surface area contributed by atoms with E-state index >= 15 is 0 Å². The third kappa shape index (κ3) is 5.44. The van der Waals surface area contributed by atoms with Crippen LogP contribution in [-0.4, -0.2) is 52.7 Å². The van der Waals surface area contributed by atoms with Crippen molar-refractivity contribution < 1.29 is 4.52 Å². The topological polar surface area (TPSA) is 79.4 Å². The Hall–Kier alpha value is -2.75. The second-order valence-electron chi connectivity index (χ2n) is 6.75. The number of halogens is 1. The van der Waals surface area contributed by atoms with Crippen LogP contribution in [0.3, 0.4) is 0 Å². The largest absolute Gasteiger partial charge is 0.356 e. The molecule has 8 heteroatoms. The quantitative estimate of drug-likeness (QED) is 0.317. The fourth-order valence-corrected chi connectivity index (χ4v) is 3.34. The highest BCUT2D eigenvalue weighted by atomic mass is 127. The molecular formula is C22H25IN6O. The summed E-state index contributed by atoms with van der Waals surface area (Å²) in [6.45, 7) is 2.46. The molecule has 1 aromatic carbocycles. The van der Waals surface area contributed by atoms with E-state index in [1.54, 1.807) is 6.20 Å². The first-order valence-electron chi connectivity index (χ1n) is 9.77. The monoisotopic (exact) mass is 516 g/mol. The van der Waals surface area contributed by atoms with Crippen molar-refractivity contribution in [3.8, 4) is 11.6 Å². The Kier molecular flexibility index (Phi) is 7.95. The van der Waals surface area contributed by atoms with Crippen molar-refractivity contribution >= 4 is 35.5 Å². The van der Waals surface area contributed by atoms with Gasteiger partial charge in [-0.15, -0.1) is 24.0 Å². The van der Waals surface area contributed by atoms with Crippen LogP contribution in [0.25, 0.3) is 17.2 Å². The van der Waals surface area contributed by atoms with Crippen LogP contribution in [0.1, 0.15) is 17.8 Å². The summed E-state index contributed by atoms with van der Waals surface area (Å²) in [7, 11) is 1.81. The molecule has 156 valence electrons. The van der Waals surface area contributed by atoms with Crippen LogP contribution < -0.4 is 5.32 Å². The number of guanidine groups is 1. The lowest BCUT2D eigenvalue weighted by Gasteiger charge is -2.29. The number of aliphatic imine (C=N–C) groups is 1. The van der Waals surface area contributed by atoms with Crippen LogP contribution >= 0.6 is 24.0 Å². The Bertz CT molecular complexity index is 987. The normalized spacial score (nSPS) is 14.1. The van der Waals surface area contributed by atoms with Crippen molar-refractivity contribution in [3.63, 3.8) is 0 Å². The van der Waals surface area contributed by atoms with Crippen molar-refractivity contribution in [1.82, 2.24) is 25.3 Å². The number of benzene rings is 1. The average Bonchev–Trinajstić information content (AvgIpc) is 3.27. The zero-order valence-electron chi connectivity index (χ0n) is 16.9. The maximum Gasteiger partial charge on any atom is 0.276 e. The first-order valence-corrected chi connectivity index (χ1v) is 9.77. The van der Waals surface area contributed by atoms with E-state index in [0.29, 0.717) is 30.4 Å². The molecule has 30 heavy (non-hydrogen) atoms. The highest BCUT2D eigenvalue weighted by Crippen LogP contribution is 2.22. The van der Waals surface area contributed by atoms with Gasteiger partial charge in [-0.2, -0.15) is 4.98 Å². The zero-order valence-corrected chi connectivity index (χ0v) is 19.2. The smallest absolute Gasteiger partial charge is 0.276 e. The molecule has 0 aliphatic carbocycles. The highest BCUT2D eigenvalue weighted by Gasteiger charge is 2.16. The lowest BCUT2D eigenvalue weighted by Crippen LogP contribution is -2.44. The molecule has 0 spiro atoms. The molecule has 0 saturated carbocycles. The van der Waals surface area contributed by atoms with E-state index in [1.165, 1.54) is 11.1 Å². The van der Waals surface area contributed by atoms with Gasteiger partial charge in [0.05, 0.1) is 0 Å². The molecule has 3 aromatic rings. The zero-order chi connectivity index (χ0) is 19.9. The molecule has 0 amide bonds. The lowest BCUT2D eigenvalue weighted by atomic mass is 10.00. The average molecular weight is 516 g/mol. The van der Waals surface area contributed by atoms with Gasteiger partial charge in [0.25, 0.3) is 5.89 Å². The Morgan fingerprint density at radius 3 is 2.70 bits per heavy atom. The molecule has 0 fully saturated rings. The maximum atomic E-state index is 5.30. The minimum atomic E-state index is 0. The van der Waals surface area contributed by atoms with Gasteiger partial charge in [0.15, 0.2) is 11.8 Å². The lowest BCUT2D eigenvalue weighted by molar-refractivity contribution is 0.419. The van der Waals surface area contributed by atoms with Crippen LogP contribution in [-0.2, 0) is 6.42 Å². The Labute approximate surface area is 193 Å². The van der Waals surface area contributed by atoms with E-state index in [4.69, 9.17) is 4.52 Å². The summed E-state index contributed by atoms with van der Waals surface area (Å²) in [5.74, 6) is 1.99. The van der Waals surface area contributed by atoms with Crippen molar-refractivity contribution in [2.75, 3.05) is 26.7 Å². The summed E-state index contributed by atoms with van der Waals surface area (Å²) < 4.78 is 5.30. The third-order valence-corrected chi connectivity index (χ3v) is 4.85. The Balaban J connectivity index is 0.00000256. The number of rotatable bonds is 5. The fourth-order valence-electron chi connectivity index (χ4n) is 3.34. The predicted molar refractivity (Wildman–Crippen MR) is 129 cm³/mol. The molecule has 0 atom stereocenters. The number of pyridine rings is 1. The Morgan fingerprint density at radius 2 is 2.00 bits per heavy atom. The molecule has 1 aliphatic heterocycles. The van der Waals surface area contributed by atoms with Crippen LogP contribution in [0, 0.1) is 0 Å². The first-order chi connectivity index (χ1) is 14.3. The molecule has 7 nitrogen and oxygen atoms in total. The maximum absolute atomic E-state index is 5.30. The van der Waals surface area contributed by atoms with Crippen molar-refractivity contribution in [2.24, 2.45) is 4.99 Å². The predicted octanol–water partition coefficient (Wildman–Crippen LogP) is 3.66. The summed E-state index contributed by atoms with van der Waals surface area (Å²) in [6, 6.07) is 16.2. The van der Waals surface area contributed by atoms with Gasteiger partial charge < -0.3 is 14.7 Å². The molecule has 0 bridgehead atoms. The summed E-state index contributed by atoms with van der Waals surface area (Å²) in [5, 5.41) is 7.44. The molecular weight excluding hydrogens is 491 g/mol. The minimum Gasteiger partial charge on any atom is -0.356 e. The SMILES string of the molecule is CN=C(NCCc1noc(-c2ccccn2)n1)N1CC=C(c2ccccc2)CC1.I. The second-order valence-corrected chi connectivity index (χ2v) is 6.75. The number of hydrogen-bond acceptors (Lipinski definition) is 5. The van der Waals surface area contributed by atoms with Crippen molar-refractivity contribution in [1.29, 1.82) is 0 Å². The van der Waals surface area contributed by atoms with E-state index in [1.807, 2.05) is 31.3 Å². The van der Waals surface area contributed by atoms with Gasteiger partial charge in [-0.25, -0.2) is 0 Å².